The maximum atomic E-state index is 9.76. The fraction of sp³-hybridized carbons (Fsp3) is 0.143. The van der Waals surface area contributed by atoms with Gasteiger partial charge in [-0.1, -0.05) is 56.3 Å². The number of aromatic nitrogens is 1. The molecular formula is C28H22N2O. The van der Waals surface area contributed by atoms with Gasteiger partial charge in [0, 0.05) is 28.1 Å². The highest BCUT2D eigenvalue weighted by Gasteiger charge is 2.18. The lowest BCUT2D eigenvalue weighted by atomic mass is 9.97. The van der Waals surface area contributed by atoms with Crippen LogP contribution in [0, 0.1) is 17.2 Å². The van der Waals surface area contributed by atoms with E-state index in [1.54, 1.807) is 0 Å². The van der Waals surface area contributed by atoms with Gasteiger partial charge in [0.1, 0.15) is 11.2 Å². The molecule has 0 amide bonds. The third-order valence-electron chi connectivity index (χ3n) is 5.53. The average Bonchev–Trinajstić information content (AvgIpc) is 3.16. The summed E-state index contributed by atoms with van der Waals surface area (Å²) in [6, 6.07) is 25.9. The molecule has 0 atom stereocenters. The molecule has 2 heterocycles. The topological polar surface area (TPSA) is 49.8 Å². The zero-order valence-electron chi connectivity index (χ0n) is 18.5. The molecule has 0 unspecified atom stereocenters. The molecule has 2 aromatic heterocycles. The molecule has 150 valence electrons. The van der Waals surface area contributed by atoms with Gasteiger partial charge in [-0.2, -0.15) is 5.26 Å². The third-order valence-corrected chi connectivity index (χ3v) is 5.53. The average molecular weight is 404 g/mol. The SMILES string of the molecule is [2H]c1cc(CC(C)C)cc(-c2cccc3c2oc2c(-c4ccccc4)c(C#N)ccc23)n1. The Balaban J connectivity index is 1.80. The number of hydrogen-bond donors (Lipinski definition) is 0. The highest BCUT2D eigenvalue weighted by Crippen LogP contribution is 2.40. The van der Waals surface area contributed by atoms with Crippen LogP contribution in [0.2, 0.25) is 0 Å². The van der Waals surface area contributed by atoms with Crippen molar-refractivity contribution < 1.29 is 5.79 Å². The fourth-order valence-corrected chi connectivity index (χ4v) is 4.21. The molecule has 0 bridgehead atoms. The Labute approximate surface area is 183 Å². The second-order valence-corrected chi connectivity index (χ2v) is 8.21. The van der Waals surface area contributed by atoms with Crippen LogP contribution in [0.4, 0.5) is 0 Å². The number of hydrogen-bond acceptors (Lipinski definition) is 3. The number of nitriles is 1. The van der Waals surface area contributed by atoms with Crippen molar-refractivity contribution in [3.63, 3.8) is 0 Å². The van der Waals surface area contributed by atoms with Crippen LogP contribution in [0.5, 0.6) is 0 Å². The van der Waals surface area contributed by atoms with E-state index in [4.69, 9.17) is 5.79 Å². The van der Waals surface area contributed by atoms with E-state index in [9.17, 15) is 5.26 Å². The molecule has 0 radical (unpaired) electrons. The molecule has 0 fully saturated rings. The van der Waals surface area contributed by atoms with E-state index in [0.717, 1.165) is 50.7 Å². The van der Waals surface area contributed by atoms with E-state index in [2.05, 4.69) is 31.0 Å². The molecule has 31 heavy (non-hydrogen) atoms. The highest BCUT2D eigenvalue weighted by molar-refractivity contribution is 6.13. The summed E-state index contributed by atoms with van der Waals surface area (Å²) in [5, 5.41) is 11.7. The maximum Gasteiger partial charge on any atom is 0.144 e. The van der Waals surface area contributed by atoms with Crippen LogP contribution < -0.4 is 0 Å². The fourth-order valence-electron chi connectivity index (χ4n) is 4.21. The van der Waals surface area contributed by atoms with Gasteiger partial charge < -0.3 is 4.42 Å². The Morgan fingerprint density at radius 3 is 2.55 bits per heavy atom. The minimum absolute atomic E-state index is 0.253. The van der Waals surface area contributed by atoms with Gasteiger partial charge >= 0.3 is 0 Å². The van der Waals surface area contributed by atoms with Crippen LogP contribution in [-0.2, 0) is 6.42 Å². The molecule has 5 aromatic rings. The van der Waals surface area contributed by atoms with Gasteiger partial charge in [-0.05, 0) is 53.8 Å². The molecule has 5 rings (SSSR count). The second kappa shape index (κ2) is 7.74. The monoisotopic (exact) mass is 403 g/mol. The van der Waals surface area contributed by atoms with E-state index in [1.165, 1.54) is 0 Å². The van der Waals surface area contributed by atoms with Gasteiger partial charge in [0.2, 0.25) is 0 Å². The van der Waals surface area contributed by atoms with Crippen molar-refractivity contribution in [1.29, 1.82) is 5.26 Å². The lowest BCUT2D eigenvalue weighted by Gasteiger charge is -2.07. The molecule has 0 aliphatic heterocycles. The number of rotatable bonds is 4. The first-order valence-corrected chi connectivity index (χ1v) is 10.5. The number of nitrogens with zero attached hydrogens (tertiary/aromatic N) is 2. The van der Waals surface area contributed by atoms with Gasteiger partial charge in [0.25, 0.3) is 0 Å². The normalized spacial score (nSPS) is 11.7. The van der Waals surface area contributed by atoms with Crippen molar-refractivity contribution in [2.45, 2.75) is 20.3 Å². The van der Waals surface area contributed by atoms with Gasteiger partial charge in [-0.15, -0.1) is 0 Å². The summed E-state index contributed by atoms with van der Waals surface area (Å²) < 4.78 is 14.7. The molecule has 0 spiro atoms. The van der Waals surface area contributed by atoms with Crippen LogP contribution in [0.3, 0.4) is 0 Å². The van der Waals surface area contributed by atoms with E-state index >= 15 is 0 Å². The van der Waals surface area contributed by atoms with Crippen molar-refractivity contribution in [2.24, 2.45) is 5.92 Å². The first-order chi connectivity index (χ1) is 15.5. The van der Waals surface area contributed by atoms with Gasteiger partial charge in [-0.3, -0.25) is 4.98 Å². The first kappa shape index (κ1) is 17.9. The largest absolute Gasteiger partial charge is 0.455 e. The summed E-state index contributed by atoms with van der Waals surface area (Å²) in [6.45, 7) is 4.34. The van der Waals surface area contributed by atoms with Crippen molar-refractivity contribution in [3.05, 3.63) is 90.1 Å². The molecule has 0 aliphatic rings. The molecule has 0 saturated carbocycles. The molecular weight excluding hydrogens is 380 g/mol. The second-order valence-electron chi connectivity index (χ2n) is 8.21. The summed E-state index contributed by atoms with van der Waals surface area (Å²) in [6.07, 6.45) is 1.14. The maximum absolute atomic E-state index is 9.76. The van der Waals surface area contributed by atoms with Gasteiger partial charge in [-0.25, -0.2) is 0 Å². The summed E-state index contributed by atoms with van der Waals surface area (Å²) in [5.74, 6) is 0.490. The van der Waals surface area contributed by atoms with Crippen LogP contribution in [0.1, 0.15) is 26.3 Å². The minimum atomic E-state index is 0.253. The third kappa shape index (κ3) is 3.37. The van der Waals surface area contributed by atoms with E-state index in [1.807, 2.05) is 66.7 Å². The highest BCUT2D eigenvalue weighted by atomic mass is 16.3. The smallest absolute Gasteiger partial charge is 0.144 e. The zero-order valence-corrected chi connectivity index (χ0v) is 17.5. The predicted octanol–water partition coefficient (Wildman–Crippen LogP) is 7.39. The summed E-state index contributed by atoms with van der Waals surface area (Å²) >= 11 is 0. The van der Waals surface area contributed by atoms with Crippen LogP contribution in [0.25, 0.3) is 44.3 Å². The number of furan rings is 1. The quantitative estimate of drug-likeness (QED) is 0.314. The van der Waals surface area contributed by atoms with Crippen LogP contribution in [0.15, 0.2) is 83.4 Å². The predicted molar refractivity (Wildman–Crippen MR) is 126 cm³/mol. The Morgan fingerprint density at radius 1 is 0.968 bits per heavy atom. The molecule has 3 aromatic carbocycles. The Morgan fingerprint density at radius 2 is 1.77 bits per heavy atom. The molecule has 3 nitrogen and oxygen atoms in total. The molecule has 3 heteroatoms. The zero-order chi connectivity index (χ0) is 22.2. The van der Waals surface area contributed by atoms with Crippen molar-refractivity contribution in [1.82, 2.24) is 4.98 Å². The van der Waals surface area contributed by atoms with Crippen molar-refractivity contribution >= 4 is 21.9 Å². The molecule has 0 saturated heterocycles. The number of para-hydroxylation sites is 1. The Hall–Kier alpha value is -3.90. The Kier molecular flexibility index (Phi) is 4.47. The minimum Gasteiger partial charge on any atom is -0.455 e. The van der Waals surface area contributed by atoms with E-state index in [0.29, 0.717) is 17.1 Å². The molecule has 0 N–H and O–H groups in total. The van der Waals surface area contributed by atoms with E-state index < -0.39 is 0 Å². The summed E-state index contributed by atoms with van der Waals surface area (Å²) in [7, 11) is 0. The number of benzene rings is 3. The summed E-state index contributed by atoms with van der Waals surface area (Å²) in [4.78, 5) is 4.50. The van der Waals surface area contributed by atoms with Gasteiger partial charge in [0.05, 0.1) is 18.7 Å². The lowest BCUT2D eigenvalue weighted by Crippen LogP contribution is -1.95. The van der Waals surface area contributed by atoms with Crippen molar-refractivity contribution in [3.8, 4) is 28.5 Å². The van der Waals surface area contributed by atoms with Crippen LogP contribution in [-0.4, -0.2) is 4.98 Å². The molecule has 0 aliphatic carbocycles. The van der Waals surface area contributed by atoms with E-state index in [-0.39, 0.29) is 6.17 Å². The number of pyridine rings is 1. The lowest BCUT2D eigenvalue weighted by molar-refractivity contribution is 0.647. The van der Waals surface area contributed by atoms with Gasteiger partial charge in [0.15, 0.2) is 0 Å². The standard InChI is InChI=1S/C28H22N2O/c1-18(2)15-19-13-14-30-25(16-19)24-10-6-9-22-23-12-11-21(17-29)26(28(23)31-27(22)24)20-7-4-3-5-8-20/h3-14,16,18H,15H2,1-2H3/i14D. The first-order valence-electron chi connectivity index (χ1n) is 11.0. The number of fused-ring (bicyclic) bond motifs is 3. The summed E-state index contributed by atoms with van der Waals surface area (Å²) in [5.41, 5.74) is 6.44. The van der Waals surface area contributed by atoms with Crippen LogP contribution >= 0.6 is 0 Å². The van der Waals surface area contributed by atoms with Crippen molar-refractivity contribution in [2.75, 3.05) is 0 Å². The Bertz CT molecular complexity index is 1490.